The molecule has 9 amide bonds. The van der Waals surface area contributed by atoms with E-state index in [1.54, 1.807) is 64.1 Å². The molecule has 3 aliphatic heterocycles. The van der Waals surface area contributed by atoms with Gasteiger partial charge in [0.05, 0.1) is 42.4 Å². The summed E-state index contributed by atoms with van der Waals surface area (Å²) in [6, 6.07) is 5.29. The predicted molar refractivity (Wildman–Crippen MR) is 349 cm³/mol. The lowest BCUT2D eigenvalue weighted by atomic mass is 9.83. The summed E-state index contributed by atoms with van der Waals surface area (Å²) >= 11 is 13.5. The van der Waals surface area contributed by atoms with Crippen LogP contribution in [0.1, 0.15) is 109 Å². The molecule has 2 fully saturated rings. The maximum Gasteiger partial charge on any atom is 0.409 e. The van der Waals surface area contributed by atoms with Crippen LogP contribution in [0, 0.1) is 17.8 Å². The number of nitrogens with zero attached hydrogens (tertiary/aromatic N) is 3. The number of unbranched alkanes of at least 4 members (excludes halogenated alkanes) is 2. The summed E-state index contributed by atoms with van der Waals surface area (Å²) in [5, 5.41) is 29.8. The van der Waals surface area contributed by atoms with Gasteiger partial charge in [0.1, 0.15) is 52.8 Å². The van der Waals surface area contributed by atoms with E-state index >= 15 is 0 Å². The number of methoxy groups -OCH3 is 2. The number of esters is 1. The SMILES string of the molecule is COc1cc2cc(c1Cl)N(C)C(=O)C[C@H](OC(=O)[C@H](C)N(C)C(=O)c1ccc(NC(=O)[C@H](CCCNC(N)=O)NC(=O)[C@@H](NC(=O)CCCCCNC(=O)C(CBr)CBr)C(C)C)c3ncccc13)[C@]1(C)O[C@H]1[C@H](C)[C@@H]1C[C@@](O)(NC(=O)O1)[C@H](OC)/C=C/C=C(\C)C2. The normalized spacial score (nSPS) is 23.6. The van der Waals surface area contributed by atoms with Crippen LogP contribution >= 0.6 is 43.5 Å². The van der Waals surface area contributed by atoms with Gasteiger partial charge < -0.3 is 70.9 Å². The fourth-order valence-electron chi connectivity index (χ4n) is 11.0. The first-order valence-electron chi connectivity index (χ1n) is 30.2. The molecular formula is C63H85Br2ClN10O15. The van der Waals surface area contributed by atoms with Gasteiger partial charge in [-0.05, 0) is 94.7 Å². The standard InChI is InChI=1S/C63H85Br2ClN10O15/c1-34(2)52(73-49(77)21-12-11-13-24-69-55(79)39(32-64)33-65)57(81)72-43(19-16-26-70-60(67)84)56(80)71-42-23-22-41(40-18-15-25-68-53(40)42)58(82)75(7)37(5)59(83)90-48-30-50(78)76(8)44-28-38(29-45(87-9)51(44)66)27-35(3)17-14-20-47(88-10)63(86)31-46(89-61(85)74-63)36(4)54-62(48,6)91-54/h14-15,17-18,20,22-23,25,28-29,34,36-37,39,43,46-48,52,54,86H,11-13,16,19,21,24,26-27,30-33H2,1-10H3,(H,69,79)(H,71,80)(H,72,81)(H,73,77)(H,74,85)(H3,67,70,84)/b20-14+,35-17+/t36-,37+,43+,46+,47-,48+,52+,54+,62+,63+/m1/s1. The minimum Gasteiger partial charge on any atom is -0.495 e. The number of primary amides is 1. The number of alkyl halides is 2. The van der Waals surface area contributed by atoms with Crippen molar-refractivity contribution in [3.8, 4) is 5.75 Å². The number of nitrogens with two attached hydrogens (primary N) is 1. The van der Waals surface area contributed by atoms with Crippen molar-refractivity contribution in [3.05, 3.63) is 82.5 Å². The number of hydrogen-bond donors (Lipinski definition) is 8. The molecule has 10 atom stereocenters. The summed E-state index contributed by atoms with van der Waals surface area (Å²) in [6.07, 6.45) is 3.58. The number of fused-ring (bicyclic) bond motifs is 6. The number of likely N-dealkylation sites (N-methyl/N-ethyl adjacent to an activating group) is 1. The monoisotopic (exact) mass is 1410 g/mol. The van der Waals surface area contributed by atoms with Crippen molar-refractivity contribution in [1.82, 2.24) is 36.5 Å². The number of hydrogen-bond acceptors (Lipinski definition) is 16. The molecule has 0 spiro atoms. The van der Waals surface area contributed by atoms with E-state index in [0.29, 0.717) is 54.3 Å². The molecule has 3 aliphatic rings. The maximum atomic E-state index is 14.7. The van der Waals surface area contributed by atoms with E-state index in [-0.39, 0.29) is 77.1 Å². The van der Waals surface area contributed by atoms with E-state index < -0.39 is 114 Å². The van der Waals surface area contributed by atoms with Crippen LogP contribution in [0.25, 0.3) is 10.9 Å². The van der Waals surface area contributed by atoms with Gasteiger partial charge in [0.15, 0.2) is 5.72 Å². The lowest BCUT2D eigenvalue weighted by molar-refractivity contribution is -0.158. The van der Waals surface area contributed by atoms with Gasteiger partial charge in [-0.3, -0.25) is 39.1 Å². The molecule has 28 heteroatoms. The molecule has 498 valence electrons. The Hall–Kier alpha value is -6.91. The van der Waals surface area contributed by atoms with Crippen molar-refractivity contribution in [3.63, 3.8) is 0 Å². The lowest BCUT2D eigenvalue weighted by Gasteiger charge is -2.42. The van der Waals surface area contributed by atoms with Crippen LogP contribution in [-0.2, 0) is 54.1 Å². The Kier molecular flexibility index (Phi) is 26.6. The summed E-state index contributed by atoms with van der Waals surface area (Å²) in [5.41, 5.74) is 4.33. The third-order valence-corrected chi connectivity index (χ3v) is 18.6. The van der Waals surface area contributed by atoms with Crippen molar-refractivity contribution in [2.75, 3.05) is 62.3 Å². The number of benzene rings is 2. The molecule has 91 heavy (non-hydrogen) atoms. The Morgan fingerprint density at radius 3 is 2.36 bits per heavy atom. The van der Waals surface area contributed by atoms with Crippen molar-refractivity contribution in [2.45, 2.75) is 153 Å². The van der Waals surface area contributed by atoms with E-state index in [2.05, 4.69) is 68.7 Å². The number of carbonyl (C=O) groups is 9. The average Bonchev–Trinajstić information content (AvgIpc) is 1.59. The van der Waals surface area contributed by atoms with Crippen LogP contribution in [0.4, 0.5) is 21.0 Å². The highest BCUT2D eigenvalue weighted by Gasteiger charge is 2.64. The van der Waals surface area contributed by atoms with Crippen LogP contribution < -0.4 is 47.3 Å². The zero-order chi connectivity index (χ0) is 67.1. The summed E-state index contributed by atoms with van der Waals surface area (Å²) in [4.78, 5) is 129. The molecule has 2 aromatic carbocycles. The van der Waals surface area contributed by atoms with Crippen LogP contribution in [0.2, 0.25) is 5.02 Å². The van der Waals surface area contributed by atoms with Crippen LogP contribution in [-0.4, -0.2) is 174 Å². The lowest BCUT2D eigenvalue weighted by Crippen LogP contribution is -2.63. The van der Waals surface area contributed by atoms with Crippen molar-refractivity contribution in [2.24, 2.45) is 23.5 Å². The molecule has 0 unspecified atom stereocenters. The Labute approximate surface area is 552 Å². The number of carbonyl (C=O) groups excluding carboxylic acids is 9. The summed E-state index contributed by atoms with van der Waals surface area (Å²) < 4.78 is 29.7. The first-order valence-corrected chi connectivity index (χ1v) is 32.8. The third-order valence-electron chi connectivity index (χ3n) is 16.7. The van der Waals surface area contributed by atoms with Gasteiger partial charge >= 0.3 is 18.1 Å². The number of halogens is 3. The summed E-state index contributed by atoms with van der Waals surface area (Å²) in [6.45, 7) is 10.8. The number of urea groups is 1. The van der Waals surface area contributed by atoms with Gasteiger partial charge in [0.25, 0.3) is 5.91 Å². The van der Waals surface area contributed by atoms with Crippen LogP contribution in [0.5, 0.6) is 5.75 Å². The number of epoxide rings is 1. The number of pyridine rings is 1. The number of aromatic nitrogens is 1. The van der Waals surface area contributed by atoms with Gasteiger partial charge in [-0.15, -0.1) is 0 Å². The molecule has 4 bridgehead atoms. The maximum absolute atomic E-state index is 14.7. The quantitative estimate of drug-likeness (QED) is 0.0195. The predicted octanol–water partition coefficient (Wildman–Crippen LogP) is 6.47. The number of alkyl carbamates (subject to hydrolysis) is 1. The molecule has 25 nitrogen and oxygen atoms in total. The van der Waals surface area contributed by atoms with E-state index in [1.807, 2.05) is 13.0 Å². The minimum absolute atomic E-state index is 0.0248. The van der Waals surface area contributed by atoms with Gasteiger partial charge in [-0.25, -0.2) is 14.4 Å². The number of ether oxygens (including phenoxy) is 5. The highest BCUT2D eigenvalue weighted by atomic mass is 79.9. The van der Waals surface area contributed by atoms with Crippen molar-refractivity contribution >= 4 is 119 Å². The molecule has 3 aromatic rings. The smallest absolute Gasteiger partial charge is 0.409 e. The number of amides is 9. The molecule has 2 saturated heterocycles. The van der Waals surface area contributed by atoms with E-state index in [1.165, 1.54) is 58.5 Å². The van der Waals surface area contributed by atoms with Gasteiger partial charge in [0, 0.05) is 80.9 Å². The second-order valence-electron chi connectivity index (χ2n) is 23.8. The van der Waals surface area contributed by atoms with Crippen molar-refractivity contribution in [1.29, 1.82) is 0 Å². The van der Waals surface area contributed by atoms with E-state index in [0.717, 1.165) is 16.0 Å². The van der Waals surface area contributed by atoms with E-state index in [4.69, 9.17) is 41.0 Å². The molecule has 0 aliphatic carbocycles. The highest BCUT2D eigenvalue weighted by Crippen LogP contribution is 2.49. The second kappa shape index (κ2) is 33.1. The van der Waals surface area contributed by atoms with Gasteiger partial charge in [-0.1, -0.05) is 101 Å². The molecule has 9 N–H and O–H groups in total. The first-order chi connectivity index (χ1) is 43.1. The fraction of sp³-hybridized carbons (Fsp3) is 0.556. The fourth-order valence-corrected chi connectivity index (χ4v) is 13.0. The number of aliphatic hydroxyl groups is 1. The summed E-state index contributed by atoms with van der Waals surface area (Å²) in [5.74, 6) is -4.78. The second-order valence-corrected chi connectivity index (χ2v) is 25.4. The average molecular weight is 1420 g/mol. The number of rotatable bonds is 25. The highest BCUT2D eigenvalue weighted by molar-refractivity contribution is 9.09. The Morgan fingerprint density at radius 1 is 0.978 bits per heavy atom. The molecule has 1 aromatic heterocycles. The van der Waals surface area contributed by atoms with Gasteiger partial charge in [-0.2, -0.15) is 0 Å². The first kappa shape index (κ1) is 73.1. The summed E-state index contributed by atoms with van der Waals surface area (Å²) in [7, 11) is 5.78. The van der Waals surface area contributed by atoms with Crippen LogP contribution in [0.15, 0.2) is 66.4 Å². The molecule has 0 radical (unpaired) electrons. The zero-order valence-electron chi connectivity index (χ0n) is 53.0. The molecular weight excluding hydrogens is 1330 g/mol. The number of anilines is 2. The molecule has 0 saturated carbocycles. The Balaban J connectivity index is 1.21. The van der Waals surface area contributed by atoms with Crippen molar-refractivity contribution < 1.29 is 71.9 Å². The Morgan fingerprint density at radius 2 is 1.69 bits per heavy atom. The minimum atomic E-state index is -1.92. The van der Waals surface area contributed by atoms with Gasteiger partial charge in [0.2, 0.25) is 29.5 Å². The number of allylic oxidation sites excluding steroid dienone is 3. The Bertz CT molecular complexity index is 3230. The molecule has 6 rings (SSSR count). The number of nitrogens with one attached hydrogen (secondary N) is 6. The largest absolute Gasteiger partial charge is 0.495 e. The third kappa shape index (κ3) is 18.9. The topological polar surface area (TPSA) is 341 Å². The molecule has 4 heterocycles. The zero-order valence-corrected chi connectivity index (χ0v) is 56.9. The van der Waals surface area contributed by atoms with E-state index in [9.17, 15) is 48.3 Å². The van der Waals surface area contributed by atoms with Crippen LogP contribution in [0.3, 0.4) is 0 Å².